The lowest BCUT2D eigenvalue weighted by atomic mass is 9.68. The van der Waals surface area contributed by atoms with Gasteiger partial charge in [-0.1, -0.05) is 153 Å². The van der Waals surface area contributed by atoms with E-state index < -0.39 is 0 Å². The highest BCUT2D eigenvalue weighted by Gasteiger charge is 2.35. The fourth-order valence-electron chi connectivity index (χ4n) is 11.2. The van der Waals surface area contributed by atoms with Gasteiger partial charge in [-0.3, -0.25) is 0 Å². The van der Waals surface area contributed by atoms with Crippen molar-refractivity contribution in [3.8, 4) is 11.1 Å². The highest BCUT2D eigenvalue weighted by molar-refractivity contribution is 6.18. The first-order valence-corrected chi connectivity index (χ1v) is 23.1. The lowest BCUT2D eigenvalue weighted by Gasteiger charge is -2.37. The van der Waals surface area contributed by atoms with Crippen LogP contribution in [0.3, 0.4) is 0 Å². The summed E-state index contributed by atoms with van der Waals surface area (Å²) in [5.41, 5.74) is 14.6. The maximum absolute atomic E-state index is 6.72. The topological polar surface area (TPSA) is 32.8 Å². The smallest absolute Gasteiger partial charge is 0.159 e. The SMILES string of the molecule is CC1(C)c2cc(N(c3ccccc3)c3cccc4c3oc3ccccc34)ccc2-c2cc3ccc(N(c4ccc5ccccc5c4)c4cccc5c4oc4ccccc45)cc3c3cccc1c23. The van der Waals surface area contributed by atoms with Gasteiger partial charge in [-0.05, 0) is 133 Å². The van der Waals surface area contributed by atoms with Crippen LogP contribution in [0.1, 0.15) is 25.0 Å². The van der Waals surface area contributed by atoms with Crippen LogP contribution in [0.2, 0.25) is 0 Å². The fourth-order valence-corrected chi connectivity index (χ4v) is 11.2. The average Bonchev–Trinajstić information content (AvgIpc) is 3.96. The molecule has 11 aromatic carbocycles. The number of nitrogens with zero attached hydrogens (tertiary/aromatic N) is 2. The Morgan fingerprint density at radius 2 is 0.866 bits per heavy atom. The first-order valence-electron chi connectivity index (χ1n) is 23.1. The average molecular weight is 859 g/mol. The van der Waals surface area contributed by atoms with Gasteiger partial charge in [-0.25, -0.2) is 0 Å². The summed E-state index contributed by atoms with van der Waals surface area (Å²) in [5, 5.41) is 11.8. The van der Waals surface area contributed by atoms with Crippen molar-refractivity contribution in [2.24, 2.45) is 0 Å². The summed E-state index contributed by atoms with van der Waals surface area (Å²) >= 11 is 0. The maximum atomic E-state index is 6.72. The monoisotopic (exact) mass is 858 g/mol. The first-order chi connectivity index (χ1) is 33.0. The standard InChI is InChI=1S/C63H42N2O2/c1-63(2)54-24-12-21-49-52-37-44(65(43-31-29-39-15-6-7-16-40(39)35-43)57-26-14-23-51-48-20-9-11-28-59(48)67-62(51)57)32-30-41(52)36-53(60(49)54)46-34-33-45(38-55(46)63)64(42-17-4-3-5-18-42)56-25-13-22-50-47-19-8-10-27-58(47)66-61(50)56/h3-38H,1-2H3. The molecule has 0 amide bonds. The minimum atomic E-state index is -0.315. The zero-order chi connectivity index (χ0) is 44.4. The Bertz CT molecular complexity index is 4160. The number of hydrogen-bond acceptors (Lipinski definition) is 4. The van der Waals surface area contributed by atoms with Crippen molar-refractivity contribution in [1.82, 2.24) is 0 Å². The van der Waals surface area contributed by atoms with E-state index in [0.717, 1.165) is 78.0 Å². The lowest BCUT2D eigenvalue weighted by molar-refractivity contribution is 0.645. The van der Waals surface area contributed by atoms with Crippen molar-refractivity contribution in [2.45, 2.75) is 19.3 Å². The van der Waals surface area contributed by atoms with Gasteiger partial charge < -0.3 is 18.6 Å². The van der Waals surface area contributed by atoms with Gasteiger partial charge in [0.05, 0.1) is 11.4 Å². The van der Waals surface area contributed by atoms with Crippen molar-refractivity contribution < 1.29 is 8.83 Å². The predicted molar refractivity (Wildman–Crippen MR) is 280 cm³/mol. The largest absolute Gasteiger partial charge is 0.454 e. The third-order valence-electron chi connectivity index (χ3n) is 14.4. The van der Waals surface area contributed by atoms with Gasteiger partial charge in [-0.15, -0.1) is 0 Å². The summed E-state index contributed by atoms with van der Waals surface area (Å²) in [5.74, 6) is 0. The molecule has 0 fully saturated rings. The van der Waals surface area contributed by atoms with E-state index in [1.54, 1.807) is 0 Å². The molecule has 2 heterocycles. The van der Waals surface area contributed by atoms with Crippen molar-refractivity contribution in [1.29, 1.82) is 0 Å². The van der Waals surface area contributed by atoms with Crippen molar-refractivity contribution in [3.63, 3.8) is 0 Å². The van der Waals surface area contributed by atoms with E-state index in [1.165, 1.54) is 54.6 Å². The number of anilines is 6. The second-order valence-corrected chi connectivity index (χ2v) is 18.5. The van der Waals surface area contributed by atoms with E-state index in [-0.39, 0.29) is 5.41 Å². The second-order valence-electron chi connectivity index (χ2n) is 18.5. The van der Waals surface area contributed by atoms with E-state index in [2.05, 4.69) is 230 Å². The highest BCUT2D eigenvalue weighted by atomic mass is 16.3. The maximum Gasteiger partial charge on any atom is 0.159 e. The van der Waals surface area contributed by atoms with Crippen molar-refractivity contribution in [2.75, 3.05) is 9.80 Å². The molecule has 0 saturated carbocycles. The number of rotatable bonds is 6. The van der Waals surface area contributed by atoms with Gasteiger partial charge in [-0.2, -0.15) is 0 Å². The molecule has 0 atom stereocenters. The molecule has 0 bridgehead atoms. The van der Waals surface area contributed by atoms with Crippen LogP contribution in [0.5, 0.6) is 0 Å². The molecule has 1 aliphatic carbocycles. The highest BCUT2D eigenvalue weighted by Crippen LogP contribution is 2.53. The Labute approximate surface area is 387 Å². The molecule has 0 N–H and O–H groups in total. The number of furan rings is 2. The Balaban J connectivity index is 0.960. The molecule has 4 heteroatoms. The van der Waals surface area contributed by atoms with E-state index in [1.807, 2.05) is 12.1 Å². The van der Waals surface area contributed by atoms with Gasteiger partial charge in [0.1, 0.15) is 11.2 Å². The molecule has 13 aromatic rings. The van der Waals surface area contributed by atoms with E-state index in [0.29, 0.717) is 0 Å². The van der Waals surface area contributed by atoms with Crippen LogP contribution >= 0.6 is 0 Å². The van der Waals surface area contributed by atoms with Crippen molar-refractivity contribution in [3.05, 3.63) is 230 Å². The molecule has 1 aliphatic rings. The van der Waals surface area contributed by atoms with Crippen LogP contribution in [-0.4, -0.2) is 0 Å². The molecule has 4 nitrogen and oxygen atoms in total. The van der Waals surface area contributed by atoms with Gasteiger partial charge >= 0.3 is 0 Å². The summed E-state index contributed by atoms with van der Waals surface area (Å²) in [6, 6.07) is 79.0. The van der Waals surface area contributed by atoms with Crippen molar-refractivity contribution >= 4 is 110 Å². The third kappa shape index (κ3) is 5.60. The van der Waals surface area contributed by atoms with Crippen LogP contribution in [0, 0.1) is 0 Å². The van der Waals surface area contributed by atoms with Gasteiger partial charge in [0.15, 0.2) is 11.2 Å². The summed E-state index contributed by atoms with van der Waals surface area (Å²) in [6.07, 6.45) is 0. The van der Waals surface area contributed by atoms with Crippen LogP contribution in [0.4, 0.5) is 34.1 Å². The van der Waals surface area contributed by atoms with Gasteiger partial charge in [0, 0.05) is 49.7 Å². The molecule has 14 rings (SSSR count). The summed E-state index contributed by atoms with van der Waals surface area (Å²) in [4.78, 5) is 4.73. The zero-order valence-corrected chi connectivity index (χ0v) is 37.0. The Morgan fingerprint density at radius 1 is 0.328 bits per heavy atom. The molecule has 0 saturated heterocycles. The van der Waals surface area contributed by atoms with Crippen LogP contribution in [0.15, 0.2) is 227 Å². The third-order valence-corrected chi connectivity index (χ3v) is 14.4. The molecular weight excluding hydrogens is 817 g/mol. The molecule has 0 aliphatic heterocycles. The minimum absolute atomic E-state index is 0.315. The van der Waals surface area contributed by atoms with Gasteiger partial charge in [0.25, 0.3) is 0 Å². The van der Waals surface area contributed by atoms with E-state index in [4.69, 9.17) is 8.83 Å². The molecule has 0 unspecified atom stereocenters. The first kappa shape index (κ1) is 37.7. The molecule has 67 heavy (non-hydrogen) atoms. The van der Waals surface area contributed by atoms with E-state index >= 15 is 0 Å². The number of hydrogen-bond donors (Lipinski definition) is 0. The van der Waals surface area contributed by atoms with Crippen LogP contribution < -0.4 is 9.80 Å². The van der Waals surface area contributed by atoms with Gasteiger partial charge in [0.2, 0.25) is 0 Å². The summed E-state index contributed by atoms with van der Waals surface area (Å²) < 4.78 is 13.4. The molecular formula is C63H42N2O2. The Kier molecular flexibility index (Phi) is 8.00. The Hall–Kier alpha value is -8.60. The van der Waals surface area contributed by atoms with Crippen LogP contribution in [0.25, 0.3) is 87.3 Å². The molecule has 2 aromatic heterocycles. The quantitative estimate of drug-likeness (QED) is 0.156. The lowest BCUT2D eigenvalue weighted by Crippen LogP contribution is -2.24. The van der Waals surface area contributed by atoms with Crippen LogP contribution in [-0.2, 0) is 5.41 Å². The molecule has 0 radical (unpaired) electrons. The zero-order valence-electron chi connectivity index (χ0n) is 37.0. The normalized spacial score (nSPS) is 13.0. The molecule has 0 spiro atoms. The minimum Gasteiger partial charge on any atom is -0.454 e. The number of fused-ring (bicyclic) bond motifs is 11. The van der Waals surface area contributed by atoms with E-state index in [9.17, 15) is 0 Å². The fraction of sp³-hybridized carbons (Fsp3) is 0.0476. The summed E-state index contributed by atoms with van der Waals surface area (Å²) in [6.45, 7) is 4.77. The number of benzene rings is 11. The second kappa shape index (κ2) is 14.2. The predicted octanol–water partition coefficient (Wildman–Crippen LogP) is 18.2. The number of para-hydroxylation sites is 5. The Morgan fingerprint density at radius 3 is 1.58 bits per heavy atom. The summed E-state index contributed by atoms with van der Waals surface area (Å²) in [7, 11) is 0. The molecule has 316 valence electrons.